The number of amides is 2. The number of β-lactam (4-membered cyclic amide) rings is 1. The van der Waals surface area contributed by atoms with Crippen LogP contribution in [0.5, 0.6) is 0 Å². The maximum Gasteiger partial charge on any atom is 0.350 e. The van der Waals surface area contributed by atoms with E-state index in [0.29, 0.717) is 11.2 Å². The van der Waals surface area contributed by atoms with Gasteiger partial charge in [0.25, 0.3) is 17.8 Å². The molecule has 1 saturated heterocycles. The molecule has 2 amide bonds. The summed E-state index contributed by atoms with van der Waals surface area (Å²) in [5.41, 5.74) is 3.90. The molecule has 208 valence electrons. The van der Waals surface area contributed by atoms with Crippen LogP contribution in [0.2, 0.25) is 0 Å². The second-order valence-electron chi connectivity index (χ2n) is 9.38. The number of carbonyl (C=O) groups is 4. The van der Waals surface area contributed by atoms with Crippen molar-refractivity contribution in [3.8, 4) is 0 Å². The number of hydrogen-bond acceptors (Lipinski definition) is 12. The molecule has 0 radical (unpaired) electrons. The van der Waals surface area contributed by atoms with Gasteiger partial charge in [-0.25, -0.2) is 9.36 Å². The molecule has 1 unspecified atom stereocenters. The van der Waals surface area contributed by atoms with Crippen LogP contribution in [0.3, 0.4) is 0 Å². The fourth-order valence-corrected chi connectivity index (χ4v) is 5.41. The fraction of sp³-hybridized carbons (Fsp3) is 0.292. The predicted octanol–water partition coefficient (Wildman–Crippen LogP) is -1.02. The molecule has 3 aromatic rings. The van der Waals surface area contributed by atoms with E-state index in [4.69, 9.17) is 19.4 Å². The largest absolute Gasteiger partial charge is 0.543 e. The molecule has 40 heavy (non-hydrogen) atoms. The number of anilines is 1. The van der Waals surface area contributed by atoms with Crippen LogP contribution in [-0.4, -0.2) is 67.2 Å². The summed E-state index contributed by atoms with van der Waals surface area (Å²) in [5.74, 6) is -4.24. The maximum absolute atomic E-state index is 13.1. The molecule has 0 aromatic carbocycles. The number of oxazole rings is 1. The number of pyridine rings is 1. The summed E-state index contributed by atoms with van der Waals surface area (Å²) in [4.78, 5) is 59.7. The SMILES string of the molecule is CC(C)(ON=C(C(=O)NC1C(=O)N2C(C(=O)[O-])=C(C[n+]3ccc4occc4c3)CS[C@H]12)c1coc(N)n1)C(=O)O. The normalized spacial score (nSPS) is 19.3. The molecule has 0 saturated carbocycles. The first kappa shape index (κ1) is 26.7. The second kappa shape index (κ2) is 10.0. The van der Waals surface area contributed by atoms with E-state index in [2.05, 4.69) is 15.5 Å². The first-order valence-electron chi connectivity index (χ1n) is 11.7. The molecular weight excluding hydrogens is 548 g/mol. The zero-order valence-electron chi connectivity index (χ0n) is 21.0. The average molecular weight is 571 g/mol. The zero-order chi connectivity index (χ0) is 28.8. The number of nitrogens with zero attached hydrogens (tertiary/aromatic N) is 4. The van der Waals surface area contributed by atoms with Gasteiger partial charge in [-0.05, 0) is 19.9 Å². The number of aromatic nitrogens is 2. The Bertz CT molecular complexity index is 1610. The molecule has 15 nitrogen and oxygen atoms in total. The Morgan fingerprint density at radius 1 is 1.38 bits per heavy atom. The fourth-order valence-electron chi connectivity index (χ4n) is 4.08. The first-order chi connectivity index (χ1) is 19.0. The van der Waals surface area contributed by atoms with Crippen molar-refractivity contribution in [2.24, 2.45) is 5.16 Å². The third kappa shape index (κ3) is 4.84. The number of thioether (sulfide) groups is 1. The lowest BCUT2D eigenvalue weighted by Crippen LogP contribution is -2.71. The summed E-state index contributed by atoms with van der Waals surface area (Å²) >= 11 is 1.26. The first-order valence-corrected chi connectivity index (χ1v) is 12.8. The number of hydrogen-bond donors (Lipinski definition) is 3. The number of fused-ring (bicyclic) bond motifs is 2. The van der Waals surface area contributed by atoms with Crippen LogP contribution in [0.4, 0.5) is 6.01 Å². The Hall–Kier alpha value is -4.86. The molecule has 5 heterocycles. The number of oxime groups is 1. The number of nitrogens with one attached hydrogen (secondary N) is 1. The molecule has 0 aliphatic carbocycles. The summed E-state index contributed by atoms with van der Waals surface area (Å²) in [6, 6.07) is 2.11. The van der Waals surface area contributed by atoms with Crippen LogP contribution in [0, 0.1) is 0 Å². The van der Waals surface area contributed by atoms with E-state index < -0.39 is 46.5 Å². The summed E-state index contributed by atoms with van der Waals surface area (Å²) in [6.45, 7) is 2.62. The van der Waals surface area contributed by atoms with E-state index in [0.717, 1.165) is 16.5 Å². The second-order valence-corrected chi connectivity index (χ2v) is 10.5. The molecule has 3 aromatic heterocycles. The molecule has 2 aliphatic rings. The molecule has 4 N–H and O–H groups in total. The number of carbonyl (C=O) groups excluding carboxylic acids is 3. The van der Waals surface area contributed by atoms with E-state index in [9.17, 15) is 29.4 Å². The van der Waals surface area contributed by atoms with Crippen LogP contribution in [0.15, 0.2) is 62.3 Å². The van der Waals surface area contributed by atoms with Crippen LogP contribution in [0.25, 0.3) is 11.0 Å². The number of furan rings is 1. The van der Waals surface area contributed by atoms with Gasteiger partial charge in [0.2, 0.25) is 5.60 Å². The highest BCUT2D eigenvalue weighted by atomic mass is 32.2. The Kier molecular flexibility index (Phi) is 6.70. The van der Waals surface area contributed by atoms with E-state index in [1.807, 2.05) is 0 Å². The van der Waals surface area contributed by atoms with Crippen molar-refractivity contribution >= 4 is 58.2 Å². The van der Waals surface area contributed by atoms with Crippen LogP contribution < -0.4 is 20.7 Å². The minimum Gasteiger partial charge on any atom is -0.543 e. The predicted molar refractivity (Wildman–Crippen MR) is 134 cm³/mol. The lowest BCUT2D eigenvalue weighted by atomic mass is 10.0. The molecule has 2 atom stereocenters. The number of aliphatic carboxylic acids is 2. The van der Waals surface area contributed by atoms with Gasteiger partial charge in [-0.3, -0.25) is 14.5 Å². The molecule has 5 rings (SSSR count). The summed E-state index contributed by atoms with van der Waals surface area (Å²) < 4.78 is 12.0. The van der Waals surface area contributed by atoms with Gasteiger partial charge in [-0.1, -0.05) is 5.16 Å². The monoisotopic (exact) mass is 570 g/mol. The quantitative estimate of drug-likeness (QED) is 0.122. The smallest absolute Gasteiger partial charge is 0.350 e. The standard InChI is InChI=1S/C24H22N6O9S/c1-24(2,22(35)36)39-28-15(13-9-38-23(25)26-13)18(31)27-16-19(32)30-17(21(33)34)12(10-40-20(16)30)8-29-5-3-14-11(7-29)4-6-37-14/h3-7,9,16,20H,8,10H2,1-2H3,(H4-,25,26,27,31,33,34,35,36)/t16?,20-/m1/s1. The molecule has 1 fully saturated rings. The molecule has 0 bridgehead atoms. The Morgan fingerprint density at radius 2 is 2.15 bits per heavy atom. The van der Waals surface area contributed by atoms with Gasteiger partial charge in [-0.15, -0.1) is 11.8 Å². The van der Waals surface area contributed by atoms with Crippen molar-refractivity contribution < 1.29 is 47.6 Å². The lowest BCUT2D eigenvalue weighted by Gasteiger charge is -2.50. The number of rotatable bonds is 9. The van der Waals surface area contributed by atoms with E-state index >= 15 is 0 Å². The van der Waals surface area contributed by atoms with Crippen molar-refractivity contribution in [3.63, 3.8) is 0 Å². The number of nitrogens with two attached hydrogens (primary N) is 1. The third-order valence-corrected chi connectivity index (χ3v) is 7.55. The highest BCUT2D eigenvalue weighted by Gasteiger charge is 2.53. The van der Waals surface area contributed by atoms with Gasteiger partial charge in [0, 0.05) is 17.4 Å². The van der Waals surface area contributed by atoms with Crippen molar-refractivity contribution in [1.82, 2.24) is 15.2 Å². The maximum atomic E-state index is 13.1. The molecule has 2 aliphatic heterocycles. The zero-order valence-corrected chi connectivity index (χ0v) is 21.8. The van der Waals surface area contributed by atoms with E-state index in [-0.39, 0.29) is 29.7 Å². The van der Waals surface area contributed by atoms with Gasteiger partial charge < -0.3 is 39.7 Å². The van der Waals surface area contributed by atoms with Gasteiger partial charge in [-0.2, -0.15) is 4.98 Å². The molecular formula is C24H22N6O9S. The van der Waals surface area contributed by atoms with Gasteiger partial charge in [0.1, 0.15) is 29.0 Å². The number of nitrogen functional groups attached to an aromatic ring is 1. The minimum absolute atomic E-state index is 0.166. The highest BCUT2D eigenvalue weighted by Crippen LogP contribution is 2.40. The Morgan fingerprint density at radius 3 is 2.83 bits per heavy atom. The molecule has 0 spiro atoms. The summed E-state index contributed by atoms with van der Waals surface area (Å²) in [7, 11) is 0. The average Bonchev–Trinajstić information content (AvgIpc) is 3.55. The van der Waals surface area contributed by atoms with E-state index in [1.165, 1.54) is 25.6 Å². The summed E-state index contributed by atoms with van der Waals surface area (Å²) in [6.07, 6.45) is 6.08. The molecule has 16 heteroatoms. The topological polar surface area (TPSA) is 217 Å². The van der Waals surface area contributed by atoms with Crippen molar-refractivity contribution in [2.75, 3.05) is 11.5 Å². The van der Waals surface area contributed by atoms with Gasteiger partial charge >= 0.3 is 5.97 Å². The third-order valence-electron chi connectivity index (χ3n) is 6.21. The van der Waals surface area contributed by atoms with Gasteiger partial charge in [0.15, 0.2) is 24.7 Å². The highest BCUT2D eigenvalue weighted by molar-refractivity contribution is 8.00. The van der Waals surface area contributed by atoms with Crippen LogP contribution >= 0.6 is 11.8 Å². The number of carboxylic acids is 2. The number of carboxylic acid groups (broad SMARTS) is 2. The van der Waals surface area contributed by atoms with Crippen LogP contribution in [-0.2, 0) is 30.6 Å². The summed E-state index contributed by atoms with van der Waals surface area (Å²) in [5, 5.41) is 27.6. The Labute approximate surface area is 229 Å². The minimum atomic E-state index is -1.80. The van der Waals surface area contributed by atoms with Gasteiger partial charge in [0.05, 0.1) is 23.3 Å². The van der Waals surface area contributed by atoms with Crippen LogP contribution in [0.1, 0.15) is 19.5 Å². The van der Waals surface area contributed by atoms with Crippen molar-refractivity contribution in [3.05, 3.63) is 54.0 Å². The van der Waals surface area contributed by atoms with Crippen molar-refractivity contribution in [2.45, 2.75) is 37.4 Å². The lowest BCUT2D eigenvalue weighted by molar-refractivity contribution is -0.687. The van der Waals surface area contributed by atoms with E-state index in [1.54, 1.807) is 35.4 Å². The Balaban J connectivity index is 1.36. The van der Waals surface area contributed by atoms with Crippen molar-refractivity contribution in [1.29, 1.82) is 0 Å².